The summed E-state index contributed by atoms with van der Waals surface area (Å²) in [6.45, 7) is 6.82. The molecule has 102 valence electrons. The molecule has 1 aliphatic carbocycles. The van der Waals surface area contributed by atoms with Gasteiger partial charge in [0, 0.05) is 12.6 Å². The first kappa shape index (κ1) is 14.9. The van der Waals surface area contributed by atoms with Gasteiger partial charge in [0.25, 0.3) is 0 Å². The Kier molecular flexibility index (Phi) is 7.82. The van der Waals surface area contributed by atoms with E-state index in [2.05, 4.69) is 26.2 Å². The molecule has 0 spiro atoms. The maximum atomic E-state index is 5.83. The molecule has 0 amide bonds. The molecule has 1 aliphatic rings. The lowest BCUT2D eigenvalue weighted by Crippen LogP contribution is -2.33. The van der Waals surface area contributed by atoms with Gasteiger partial charge in [-0.15, -0.1) is 0 Å². The zero-order chi connectivity index (χ0) is 12.5. The fourth-order valence-corrected chi connectivity index (χ4v) is 2.21. The topological polar surface area (TPSA) is 30.5 Å². The van der Waals surface area contributed by atoms with E-state index in [1.54, 1.807) is 0 Å². The van der Waals surface area contributed by atoms with Crippen molar-refractivity contribution in [2.45, 2.75) is 58.1 Å². The van der Waals surface area contributed by atoms with Crippen LogP contribution in [0.15, 0.2) is 0 Å². The number of nitrogens with one attached hydrogen (secondary N) is 1. The fraction of sp³-hybridized carbons (Fsp3) is 1.00. The summed E-state index contributed by atoms with van der Waals surface area (Å²) in [7, 11) is 2.05. The van der Waals surface area contributed by atoms with Gasteiger partial charge in [-0.1, -0.05) is 13.8 Å². The normalized spacial score (nSPS) is 25.4. The zero-order valence-corrected chi connectivity index (χ0v) is 11.7. The van der Waals surface area contributed by atoms with Gasteiger partial charge in [0.1, 0.15) is 0 Å². The van der Waals surface area contributed by atoms with E-state index in [0.717, 1.165) is 32.2 Å². The number of rotatable bonds is 8. The van der Waals surface area contributed by atoms with Crippen LogP contribution in [0.5, 0.6) is 0 Å². The molecule has 0 radical (unpaired) electrons. The Morgan fingerprint density at radius 1 is 1.06 bits per heavy atom. The van der Waals surface area contributed by atoms with Gasteiger partial charge in [-0.3, -0.25) is 0 Å². The predicted octanol–water partition coefficient (Wildman–Crippen LogP) is 2.60. The Balaban J connectivity index is 1.90. The minimum Gasteiger partial charge on any atom is -0.379 e. The van der Waals surface area contributed by atoms with Crippen molar-refractivity contribution in [3.8, 4) is 0 Å². The van der Waals surface area contributed by atoms with E-state index in [1.165, 1.54) is 25.7 Å². The van der Waals surface area contributed by atoms with Crippen molar-refractivity contribution in [3.05, 3.63) is 0 Å². The second-order valence-corrected chi connectivity index (χ2v) is 5.43. The van der Waals surface area contributed by atoms with Crippen LogP contribution in [0.2, 0.25) is 0 Å². The smallest absolute Gasteiger partial charge is 0.0704 e. The van der Waals surface area contributed by atoms with Crippen LogP contribution in [0.3, 0.4) is 0 Å². The second kappa shape index (κ2) is 8.90. The fourth-order valence-electron chi connectivity index (χ4n) is 2.21. The maximum absolute atomic E-state index is 5.83. The van der Waals surface area contributed by atoms with Gasteiger partial charge in [-0.2, -0.15) is 0 Å². The Labute approximate surface area is 106 Å². The Bertz CT molecular complexity index is 177. The molecule has 0 atom stereocenters. The standard InChI is InChI=1S/C14H29NO2/c1-12(2)8-9-16-10-11-17-14-6-4-13(15-3)5-7-14/h12-15H,4-11H2,1-3H3. The van der Waals surface area contributed by atoms with E-state index >= 15 is 0 Å². The van der Waals surface area contributed by atoms with Gasteiger partial charge < -0.3 is 14.8 Å². The highest BCUT2D eigenvalue weighted by atomic mass is 16.5. The summed E-state index contributed by atoms with van der Waals surface area (Å²) in [4.78, 5) is 0. The van der Waals surface area contributed by atoms with Gasteiger partial charge >= 0.3 is 0 Å². The van der Waals surface area contributed by atoms with E-state index in [1.807, 2.05) is 0 Å². The first-order valence-electron chi connectivity index (χ1n) is 7.09. The van der Waals surface area contributed by atoms with Crippen molar-refractivity contribution in [2.75, 3.05) is 26.9 Å². The molecular weight excluding hydrogens is 214 g/mol. The summed E-state index contributed by atoms with van der Waals surface area (Å²) in [5, 5.41) is 3.34. The highest BCUT2D eigenvalue weighted by Crippen LogP contribution is 2.20. The van der Waals surface area contributed by atoms with Crippen LogP contribution >= 0.6 is 0 Å². The molecule has 1 fully saturated rings. The molecule has 1 saturated carbocycles. The quantitative estimate of drug-likeness (QED) is 0.665. The van der Waals surface area contributed by atoms with Crippen LogP contribution in [0.1, 0.15) is 46.0 Å². The number of hydrogen-bond donors (Lipinski definition) is 1. The Morgan fingerprint density at radius 2 is 1.76 bits per heavy atom. The summed E-state index contributed by atoms with van der Waals surface area (Å²) < 4.78 is 11.4. The van der Waals surface area contributed by atoms with Crippen molar-refractivity contribution in [2.24, 2.45) is 5.92 Å². The maximum Gasteiger partial charge on any atom is 0.0704 e. The van der Waals surface area contributed by atoms with Crippen LogP contribution in [0.25, 0.3) is 0 Å². The third-order valence-electron chi connectivity index (χ3n) is 3.50. The van der Waals surface area contributed by atoms with Gasteiger partial charge in [-0.25, -0.2) is 0 Å². The first-order valence-corrected chi connectivity index (χ1v) is 7.09. The molecule has 0 aromatic carbocycles. The zero-order valence-electron chi connectivity index (χ0n) is 11.7. The van der Waals surface area contributed by atoms with Gasteiger partial charge in [0.05, 0.1) is 19.3 Å². The number of hydrogen-bond acceptors (Lipinski definition) is 3. The lowest BCUT2D eigenvalue weighted by Gasteiger charge is -2.28. The van der Waals surface area contributed by atoms with E-state index < -0.39 is 0 Å². The lowest BCUT2D eigenvalue weighted by atomic mass is 9.93. The third kappa shape index (κ3) is 7.02. The van der Waals surface area contributed by atoms with Gasteiger partial charge in [0.2, 0.25) is 0 Å². The molecule has 17 heavy (non-hydrogen) atoms. The predicted molar refractivity (Wildman–Crippen MR) is 71.3 cm³/mol. The summed E-state index contributed by atoms with van der Waals surface area (Å²) in [5.41, 5.74) is 0. The van der Waals surface area contributed by atoms with E-state index in [4.69, 9.17) is 9.47 Å². The Morgan fingerprint density at radius 3 is 2.35 bits per heavy atom. The van der Waals surface area contributed by atoms with E-state index in [-0.39, 0.29) is 0 Å². The largest absolute Gasteiger partial charge is 0.379 e. The molecule has 0 aromatic rings. The van der Waals surface area contributed by atoms with E-state index in [9.17, 15) is 0 Å². The molecule has 0 saturated heterocycles. The minimum absolute atomic E-state index is 0.466. The third-order valence-corrected chi connectivity index (χ3v) is 3.50. The Hall–Kier alpha value is -0.120. The highest BCUT2D eigenvalue weighted by molar-refractivity contribution is 4.76. The summed E-state index contributed by atoms with van der Waals surface area (Å²) in [6, 6.07) is 0.706. The van der Waals surface area contributed by atoms with Crippen LogP contribution < -0.4 is 5.32 Å². The summed E-state index contributed by atoms with van der Waals surface area (Å²) in [5.74, 6) is 0.729. The van der Waals surface area contributed by atoms with Crippen molar-refractivity contribution < 1.29 is 9.47 Å². The second-order valence-electron chi connectivity index (χ2n) is 5.43. The first-order chi connectivity index (χ1) is 8.22. The van der Waals surface area contributed by atoms with Crippen molar-refractivity contribution >= 4 is 0 Å². The van der Waals surface area contributed by atoms with Crippen LogP contribution in [0.4, 0.5) is 0 Å². The molecule has 0 aliphatic heterocycles. The number of ether oxygens (including phenoxy) is 2. The molecule has 0 heterocycles. The van der Waals surface area contributed by atoms with Crippen LogP contribution in [-0.4, -0.2) is 39.0 Å². The molecule has 3 heteroatoms. The van der Waals surface area contributed by atoms with Crippen LogP contribution in [0, 0.1) is 5.92 Å². The van der Waals surface area contributed by atoms with Gasteiger partial charge in [0.15, 0.2) is 0 Å². The van der Waals surface area contributed by atoms with Crippen molar-refractivity contribution in [1.82, 2.24) is 5.32 Å². The molecule has 1 N–H and O–H groups in total. The van der Waals surface area contributed by atoms with Crippen molar-refractivity contribution in [1.29, 1.82) is 0 Å². The molecule has 0 aromatic heterocycles. The highest BCUT2D eigenvalue weighted by Gasteiger charge is 2.19. The molecule has 1 rings (SSSR count). The van der Waals surface area contributed by atoms with Crippen molar-refractivity contribution in [3.63, 3.8) is 0 Å². The molecular formula is C14H29NO2. The monoisotopic (exact) mass is 243 g/mol. The summed E-state index contributed by atoms with van der Waals surface area (Å²) in [6.07, 6.45) is 6.49. The van der Waals surface area contributed by atoms with Gasteiger partial charge in [-0.05, 0) is 45.1 Å². The average Bonchev–Trinajstić information content (AvgIpc) is 2.34. The lowest BCUT2D eigenvalue weighted by molar-refractivity contribution is -0.0145. The van der Waals surface area contributed by atoms with E-state index in [0.29, 0.717) is 12.1 Å². The molecule has 0 unspecified atom stereocenters. The average molecular weight is 243 g/mol. The summed E-state index contributed by atoms with van der Waals surface area (Å²) >= 11 is 0. The minimum atomic E-state index is 0.466. The SMILES string of the molecule is CNC1CCC(OCCOCCC(C)C)CC1. The molecule has 3 nitrogen and oxygen atoms in total. The molecule has 0 bridgehead atoms. The van der Waals surface area contributed by atoms with Crippen LogP contribution in [-0.2, 0) is 9.47 Å².